The van der Waals surface area contributed by atoms with Gasteiger partial charge < -0.3 is 15.1 Å². The number of rotatable bonds is 9. The standard InChI is InChI=1S/C28H33N5O4S/c1-2-23(26(35)29-17-19-11-8-16-37-19)38-28-32-21-13-7-6-12-20(21)25-31-22(27(36)33(25)28)14-15-24(34)30-18-9-4-3-5-10-18/h6-8,11-13,16,18,22-23H,2-5,9-10,14-15,17H2,1H3,(H,29,35)(H,30,34)/t22-,23+/m0/s1. The van der Waals surface area contributed by atoms with Crippen molar-refractivity contribution in [1.29, 1.82) is 0 Å². The molecule has 3 amide bonds. The van der Waals surface area contributed by atoms with E-state index in [4.69, 9.17) is 14.4 Å². The highest BCUT2D eigenvalue weighted by Gasteiger charge is 2.42. The number of carbonyl (C=O) groups excluding carboxylic acids is 3. The Hall–Kier alpha value is -3.40. The maximum absolute atomic E-state index is 13.6. The highest BCUT2D eigenvalue weighted by atomic mass is 32.2. The van der Waals surface area contributed by atoms with E-state index in [0.29, 0.717) is 41.8 Å². The van der Waals surface area contributed by atoms with Gasteiger partial charge in [0.15, 0.2) is 5.17 Å². The van der Waals surface area contributed by atoms with Crippen LogP contribution in [-0.4, -0.2) is 51.0 Å². The number of carbonyl (C=O) groups is 3. The number of furan rings is 1. The van der Waals surface area contributed by atoms with Crippen LogP contribution in [0.4, 0.5) is 5.69 Å². The zero-order valence-electron chi connectivity index (χ0n) is 21.5. The van der Waals surface area contributed by atoms with Crippen molar-refractivity contribution in [2.75, 3.05) is 0 Å². The number of thioether (sulfide) groups is 1. The van der Waals surface area contributed by atoms with Crippen molar-refractivity contribution in [3.05, 3.63) is 54.0 Å². The van der Waals surface area contributed by atoms with E-state index < -0.39 is 11.3 Å². The first-order valence-electron chi connectivity index (χ1n) is 13.4. The molecular weight excluding hydrogens is 502 g/mol. The van der Waals surface area contributed by atoms with E-state index in [2.05, 4.69) is 10.6 Å². The van der Waals surface area contributed by atoms with Crippen molar-refractivity contribution in [2.45, 2.75) is 82.2 Å². The number of benzene rings is 1. The fourth-order valence-corrected chi connectivity index (χ4v) is 6.08. The van der Waals surface area contributed by atoms with Crippen LogP contribution in [0.25, 0.3) is 0 Å². The van der Waals surface area contributed by atoms with Gasteiger partial charge in [0.05, 0.1) is 23.7 Å². The molecule has 0 bridgehead atoms. The predicted octanol–water partition coefficient (Wildman–Crippen LogP) is 4.30. The maximum Gasteiger partial charge on any atom is 0.259 e. The third-order valence-electron chi connectivity index (χ3n) is 7.09. The summed E-state index contributed by atoms with van der Waals surface area (Å²) in [5, 5.41) is 6.00. The van der Waals surface area contributed by atoms with Gasteiger partial charge in [0.1, 0.15) is 17.6 Å². The lowest BCUT2D eigenvalue weighted by molar-refractivity contribution is -0.125. The quantitative estimate of drug-likeness (QED) is 0.497. The number of amides is 3. The second kappa shape index (κ2) is 12.0. The number of hydrogen-bond acceptors (Lipinski definition) is 7. The van der Waals surface area contributed by atoms with Gasteiger partial charge in [-0.1, -0.05) is 50.1 Å². The summed E-state index contributed by atoms with van der Waals surface area (Å²) in [6.45, 7) is 2.22. The van der Waals surface area contributed by atoms with E-state index in [1.807, 2.05) is 31.2 Å². The summed E-state index contributed by atoms with van der Waals surface area (Å²) < 4.78 is 5.31. The van der Waals surface area contributed by atoms with Crippen LogP contribution in [0, 0.1) is 0 Å². The Balaban J connectivity index is 1.28. The number of hydrogen-bond donors (Lipinski definition) is 2. The van der Waals surface area contributed by atoms with E-state index in [0.717, 1.165) is 31.2 Å². The minimum Gasteiger partial charge on any atom is -0.467 e. The van der Waals surface area contributed by atoms with Crippen LogP contribution in [0.5, 0.6) is 0 Å². The Morgan fingerprint density at radius 2 is 1.97 bits per heavy atom. The van der Waals surface area contributed by atoms with Crippen LogP contribution < -0.4 is 10.6 Å². The van der Waals surface area contributed by atoms with Gasteiger partial charge in [0, 0.05) is 18.0 Å². The van der Waals surface area contributed by atoms with E-state index >= 15 is 0 Å². The summed E-state index contributed by atoms with van der Waals surface area (Å²) >= 11 is 1.26. The fraction of sp³-hybridized carbons (Fsp3) is 0.464. The Morgan fingerprint density at radius 3 is 2.74 bits per heavy atom. The molecule has 0 saturated heterocycles. The molecule has 0 radical (unpaired) electrons. The zero-order chi connectivity index (χ0) is 26.5. The molecule has 1 aromatic heterocycles. The van der Waals surface area contributed by atoms with Gasteiger partial charge in [-0.15, -0.1) is 0 Å². The molecule has 2 aromatic rings. The smallest absolute Gasteiger partial charge is 0.259 e. The summed E-state index contributed by atoms with van der Waals surface area (Å²) in [6.07, 6.45) is 8.25. The number of aliphatic imine (C=N–C) groups is 2. The van der Waals surface area contributed by atoms with Crippen LogP contribution in [0.3, 0.4) is 0 Å². The molecule has 200 valence electrons. The molecule has 1 fully saturated rings. The molecule has 2 atom stereocenters. The van der Waals surface area contributed by atoms with Crippen molar-refractivity contribution < 1.29 is 18.8 Å². The van der Waals surface area contributed by atoms with Gasteiger partial charge in [-0.2, -0.15) is 0 Å². The molecule has 9 nitrogen and oxygen atoms in total. The van der Waals surface area contributed by atoms with E-state index in [1.165, 1.54) is 23.1 Å². The Morgan fingerprint density at radius 1 is 1.16 bits per heavy atom. The molecule has 2 N–H and O–H groups in total. The van der Waals surface area contributed by atoms with Crippen LogP contribution in [0.1, 0.15) is 69.6 Å². The number of nitrogens with one attached hydrogen (secondary N) is 2. The Kier molecular flexibility index (Phi) is 8.26. The Bertz CT molecular complexity index is 1240. The highest BCUT2D eigenvalue weighted by molar-refractivity contribution is 8.15. The van der Waals surface area contributed by atoms with Crippen molar-refractivity contribution >= 4 is 46.2 Å². The first kappa shape index (κ1) is 26.2. The monoisotopic (exact) mass is 535 g/mol. The number of amidine groups is 2. The van der Waals surface area contributed by atoms with Crippen molar-refractivity contribution in [1.82, 2.24) is 15.5 Å². The van der Waals surface area contributed by atoms with Crippen molar-refractivity contribution in [2.24, 2.45) is 9.98 Å². The fourth-order valence-electron chi connectivity index (χ4n) is 5.03. The average molecular weight is 536 g/mol. The number of nitrogens with zero attached hydrogens (tertiary/aromatic N) is 3. The van der Waals surface area contributed by atoms with Gasteiger partial charge >= 0.3 is 0 Å². The van der Waals surface area contributed by atoms with E-state index in [-0.39, 0.29) is 30.2 Å². The second-order valence-corrected chi connectivity index (χ2v) is 11.0. The molecule has 5 rings (SSSR count). The van der Waals surface area contributed by atoms with Crippen molar-refractivity contribution in [3.8, 4) is 0 Å². The van der Waals surface area contributed by atoms with Crippen LogP contribution in [0.2, 0.25) is 0 Å². The van der Waals surface area contributed by atoms with Gasteiger partial charge in [-0.25, -0.2) is 9.89 Å². The molecule has 1 saturated carbocycles. The van der Waals surface area contributed by atoms with Gasteiger partial charge in [-0.3, -0.25) is 19.4 Å². The molecule has 3 aliphatic rings. The third kappa shape index (κ3) is 5.85. The van der Waals surface area contributed by atoms with E-state index in [9.17, 15) is 14.4 Å². The van der Waals surface area contributed by atoms with Crippen LogP contribution >= 0.6 is 11.8 Å². The lowest BCUT2D eigenvalue weighted by atomic mass is 9.95. The third-order valence-corrected chi connectivity index (χ3v) is 8.41. The molecule has 10 heteroatoms. The minimum absolute atomic E-state index is 0.0299. The number of para-hydroxylation sites is 1. The average Bonchev–Trinajstić information content (AvgIpc) is 3.58. The zero-order valence-corrected chi connectivity index (χ0v) is 22.3. The first-order chi connectivity index (χ1) is 18.5. The SMILES string of the molecule is CC[C@@H](SC1=Nc2ccccc2C2=N[C@@H](CCC(=O)NC3CCCCC3)C(=O)N12)C(=O)NCc1ccco1. The van der Waals surface area contributed by atoms with Gasteiger partial charge in [0.2, 0.25) is 11.8 Å². The van der Waals surface area contributed by atoms with E-state index in [1.54, 1.807) is 18.4 Å². The summed E-state index contributed by atoms with van der Waals surface area (Å²) in [4.78, 5) is 50.1. The summed E-state index contributed by atoms with van der Waals surface area (Å²) in [7, 11) is 0. The van der Waals surface area contributed by atoms with Crippen LogP contribution in [-0.2, 0) is 20.9 Å². The summed E-state index contributed by atoms with van der Waals surface area (Å²) in [5.74, 6) is 0.805. The first-order valence-corrected chi connectivity index (χ1v) is 14.3. The molecule has 0 spiro atoms. The molecule has 2 aliphatic heterocycles. The molecule has 3 heterocycles. The van der Waals surface area contributed by atoms with Crippen molar-refractivity contribution in [3.63, 3.8) is 0 Å². The van der Waals surface area contributed by atoms with Gasteiger partial charge in [0.25, 0.3) is 5.91 Å². The summed E-state index contributed by atoms with van der Waals surface area (Å²) in [5.41, 5.74) is 1.48. The lowest BCUT2D eigenvalue weighted by Crippen LogP contribution is -2.43. The van der Waals surface area contributed by atoms with Crippen LogP contribution in [0.15, 0.2) is 57.1 Å². The molecule has 1 aliphatic carbocycles. The van der Waals surface area contributed by atoms with Gasteiger partial charge in [-0.05, 0) is 49.9 Å². The Labute approximate surface area is 226 Å². The number of fused-ring (bicyclic) bond motifs is 3. The molecule has 38 heavy (non-hydrogen) atoms. The largest absolute Gasteiger partial charge is 0.467 e. The topological polar surface area (TPSA) is 116 Å². The highest BCUT2D eigenvalue weighted by Crippen LogP contribution is 2.36. The second-order valence-electron chi connectivity index (χ2n) is 9.81. The molecule has 1 aromatic carbocycles. The lowest BCUT2D eigenvalue weighted by Gasteiger charge is -2.27. The predicted molar refractivity (Wildman–Crippen MR) is 147 cm³/mol. The molecular formula is C28H33N5O4S. The summed E-state index contributed by atoms with van der Waals surface area (Å²) in [6, 6.07) is 10.7. The maximum atomic E-state index is 13.6. The minimum atomic E-state index is -0.660. The molecule has 0 unspecified atom stereocenters. The normalized spacial score (nSPS) is 19.8.